The minimum atomic E-state index is -0.650. The molecule has 4 aromatic rings. The Balaban J connectivity index is 1.37. The highest BCUT2D eigenvalue weighted by Crippen LogP contribution is 2.22. The van der Waals surface area contributed by atoms with Crippen molar-refractivity contribution in [1.29, 1.82) is 0 Å². The van der Waals surface area contributed by atoms with E-state index < -0.39 is 24.4 Å². The number of aromatic nitrogens is 2. The zero-order valence-corrected chi connectivity index (χ0v) is 23.2. The summed E-state index contributed by atoms with van der Waals surface area (Å²) in [4.78, 5) is 28.7. The molecule has 0 aliphatic heterocycles. The van der Waals surface area contributed by atoms with Crippen molar-refractivity contribution in [3.05, 3.63) is 83.1 Å². The van der Waals surface area contributed by atoms with Crippen LogP contribution in [-0.2, 0) is 32.2 Å². The molecule has 4 rings (SSSR count). The van der Waals surface area contributed by atoms with Crippen molar-refractivity contribution in [2.24, 2.45) is 0 Å². The van der Waals surface area contributed by atoms with Crippen LogP contribution in [0.2, 0.25) is 10.0 Å². The monoisotopic (exact) mass is 556 g/mol. The summed E-state index contributed by atoms with van der Waals surface area (Å²) >= 11 is 12.3. The number of halogens is 2. The quantitative estimate of drug-likeness (QED) is 0.155. The molecule has 0 spiro atoms. The van der Waals surface area contributed by atoms with E-state index in [0.29, 0.717) is 23.1 Å². The molecular weight excluding hydrogens is 527 g/mol. The lowest BCUT2D eigenvalue weighted by molar-refractivity contribution is -0.154. The van der Waals surface area contributed by atoms with E-state index in [1.807, 2.05) is 98.2 Å². The molecule has 2 aromatic carbocycles. The Hall–Kier alpha value is -3.30. The first kappa shape index (κ1) is 27.7. The van der Waals surface area contributed by atoms with E-state index in [4.69, 9.17) is 32.7 Å². The standard InChI is InChI=1S/C28H30Cl2N4O4/c1-31(2)25(17-33-13-11-19-5-7-21(29)15-23(19)33)37-27(35)9-10-28(36)38-26(32(3)4)18-34-14-12-20-6-8-22(30)16-24(20)34/h5-16,25-26H,17-18H2,1-4H3/b10-9+. The second-order valence-corrected chi connectivity index (χ2v) is 10.3. The van der Waals surface area contributed by atoms with Crippen molar-refractivity contribution < 1.29 is 19.1 Å². The maximum Gasteiger partial charge on any atom is 0.332 e. The third kappa shape index (κ3) is 6.76. The van der Waals surface area contributed by atoms with E-state index in [1.165, 1.54) is 0 Å². The van der Waals surface area contributed by atoms with Gasteiger partial charge in [0.1, 0.15) is 0 Å². The Kier molecular flexibility index (Phi) is 8.79. The highest BCUT2D eigenvalue weighted by atomic mass is 35.5. The molecule has 0 saturated carbocycles. The van der Waals surface area contributed by atoms with Crippen molar-refractivity contribution in [2.45, 2.75) is 25.5 Å². The predicted octanol–water partition coefficient (Wildman–Crippen LogP) is 5.02. The van der Waals surface area contributed by atoms with Crippen LogP contribution in [0.15, 0.2) is 73.1 Å². The van der Waals surface area contributed by atoms with Crippen LogP contribution in [0.25, 0.3) is 21.8 Å². The largest absolute Gasteiger partial charge is 0.441 e. The van der Waals surface area contributed by atoms with Gasteiger partial charge in [-0.1, -0.05) is 35.3 Å². The SMILES string of the molecule is CN(C)C(Cn1ccc2ccc(Cl)cc21)OC(=O)/C=C/C(=O)OC(Cn1ccc2ccc(Cl)cc21)N(C)C. The van der Waals surface area contributed by atoms with Crippen LogP contribution in [0, 0.1) is 0 Å². The summed E-state index contributed by atoms with van der Waals surface area (Å²) in [6.45, 7) is 0.775. The van der Waals surface area contributed by atoms with Crippen molar-refractivity contribution in [1.82, 2.24) is 18.9 Å². The van der Waals surface area contributed by atoms with Gasteiger partial charge in [0.2, 0.25) is 0 Å². The van der Waals surface area contributed by atoms with Gasteiger partial charge in [0.15, 0.2) is 12.5 Å². The van der Waals surface area contributed by atoms with Crippen LogP contribution in [0.3, 0.4) is 0 Å². The number of fused-ring (bicyclic) bond motifs is 2. The molecule has 0 bridgehead atoms. The van der Waals surface area contributed by atoms with Crippen LogP contribution in [-0.4, -0.2) is 71.5 Å². The van der Waals surface area contributed by atoms with Crippen LogP contribution in [0.5, 0.6) is 0 Å². The lowest BCUT2D eigenvalue weighted by Gasteiger charge is -2.25. The average molecular weight is 557 g/mol. The number of nitrogens with zero attached hydrogens (tertiary/aromatic N) is 4. The maximum atomic E-state index is 12.6. The minimum absolute atomic E-state index is 0.387. The minimum Gasteiger partial charge on any atom is -0.441 e. The smallest absolute Gasteiger partial charge is 0.332 e. The zero-order chi connectivity index (χ0) is 27.4. The highest BCUT2D eigenvalue weighted by molar-refractivity contribution is 6.31. The third-order valence-electron chi connectivity index (χ3n) is 6.19. The Labute approximate surface area is 231 Å². The van der Waals surface area contributed by atoms with E-state index in [-0.39, 0.29) is 0 Å². The van der Waals surface area contributed by atoms with Crippen LogP contribution >= 0.6 is 23.2 Å². The van der Waals surface area contributed by atoms with Gasteiger partial charge in [-0.3, -0.25) is 9.80 Å². The molecule has 38 heavy (non-hydrogen) atoms. The lowest BCUT2D eigenvalue weighted by Crippen LogP contribution is -2.36. The lowest BCUT2D eigenvalue weighted by atomic mass is 10.2. The summed E-state index contributed by atoms with van der Waals surface area (Å²) in [6.07, 6.45) is 4.87. The van der Waals surface area contributed by atoms with Crippen LogP contribution in [0.1, 0.15) is 0 Å². The Morgan fingerprint density at radius 2 is 1.13 bits per heavy atom. The summed E-state index contributed by atoms with van der Waals surface area (Å²) in [5.74, 6) is -1.30. The number of carbonyl (C=O) groups excluding carboxylic acids is 2. The Bertz CT molecular complexity index is 1360. The number of hydrogen-bond acceptors (Lipinski definition) is 6. The normalized spacial score (nSPS) is 13.6. The first-order chi connectivity index (χ1) is 18.1. The summed E-state index contributed by atoms with van der Waals surface area (Å²) in [5.41, 5.74) is 1.87. The molecule has 0 saturated heterocycles. The zero-order valence-electron chi connectivity index (χ0n) is 21.7. The molecule has 0 aliphatic rings. The molecule has 0 fully saturated rings. The first-order valence-electron chi connectivity index (χ1n) is 12.0. The van der Waals surface area contributed by atoms with Gasteiger partial charge in [-0.15, -0.1) is 0 Å². The van der Waals surface area contributed by atoms with Gasteiger partial charge in [0, 0.05) is 45.6 Å². The van der Waals surface area contributed by atoms with E-state index in [0.717, 1.165) is 34.0 Å². The summed E-state index contributed by atoms with van der Waals surface area (Å²) in [5, 5.41) is 3.32. The molecule has 2 atom stereocenters. The van der Waals surface area contributed by atoms with E-state index >= 15 is 0 Å². The summed E-state index contributed by atoms with van der Waals surface area (Å²) in [6, 6.07) is 15.2. The first-order valence-corrected chi connectivity index (χ1v) is 12.8. The van der Waals surface area contributed by atoms with Crippen molar-refractivity contribution in [3.63, 3.8) is 0 Å². The molecule has 0 N–H and O–H groups in total. The highest BCUT2D eigenvalue weighted by Gasteiger charge is 2.20. The van der Waals surface area contributed by atoms with E-state index in [2.05, 4.69) is 0 Å². The maximum absolute atomic E-state index is 12.6. The molecule has 0 aliphatic carbocycles. The molecule has 2 aromatic heterocycles. The van der Waals surface area contributed by atoms with Gasteiger partial charge in [0.05, 0.1) is 13.1 Å². The third-order valence-corrected chi connectivity index (χ3v) is 6.66. The van der Waals surface area contributed by atoms with Gasteiger partial charge >= 0.3 is 11.9 Å². The Morgan fingerprint density at radius 1 is 0.737 bits per heavy atom. The molecule has 0 amide bonds. The molecule has 8 nitrogen and oxygen atoms in total. The fraction of sp³-hybridized carbons (Fsp3) is 0.286. The van der Waals surface area contributed by atoms with Crippen LogP contribution in [0.4, 0.5) is 0 Å². The molecule has 0 radical (unpaired) electrons. The van der Waals surface area contributed by atoms with E-state index in [9.17, 15) is 9.59 Å². The fourth-order valence-electron chi connectivity index (χ4n) is 4.06. The van der Waals surface area contributed by atoms with Gasteiger partial charge < -0.3 is 18.6 Å². The Morgan fingerprint density at radius 3 is 1.50 bits per heavy atom. The van der Waals surface area contributed by atoms with Crippen molar-refractivity contribution in [3.8, 4) is 0 Å². The second-order valence-electron chi connectivity index (χ2n) is 9.39. The van der Waals surface area contributed by atoms with Crippen LogP contribution < -0.4 is 0 Å². The van der Waals surface area contributed by atoms with Crippen molar-refractivity contribution >= 4 is 56.9 Å². The number of rotatable bonds is 10. The number of ether oxygens (including phenoxy) is 2. The molecule has 200 valence electrons. The number of likely N-dealkylation sites (N-methyl/N-ethyl adjacent to an activating group) is 2. The number of benzene rings is 2. The number of carbonyl (C=O) groups is 2. The van der Waals surface area contributed by atoms with E-state index in [1.54, 1.807) is 9.80 Å². The summed E-state index contributed by atoms with van der Waals surface area (Å²) in [7, 11) is 7.26. The molecule has 10 heteroatoms. The number of hydrogen-bond donors (Lipinski definition) is 0. The molecular formula is C28H30Cl2N4O4. The topological polar surface area (TPSA) is 68.9 Å². The molecule has 2 unspecified atom stereocenters. The number of esters is 2. The van der Waals surface area contributed by atoms with Gasteiger partial charge in [0.25, 0.3) is 0 Å². The second kappa shape index (κ2) is 12.0. The van der Waals surface area contributed by atoms with Gasteiger partial charge in [-0.05, 0) is 75.4 Å². The summed E-state index contributed by atoms with van der Waals surface area (Å²) < 4.78 is 15.2. The molecule has 2 heterocycles. The fourth-order valence-corrected chi connectivity index (χ4v) is 4.40. The predicted molar refractivity (Wildman–Crippen MR) is 150 cm³/mol. The van der Waals surface area contributed by atoms with Gasteiger partial charge in [-0.25, -0.2) is 9.59 Å². The van der Waals surface area contributed by atoms with Gasteiger partial charge in [-0.2, -0.15) is 0 Å². The average Bonchev–Trinajstić information content (AvgIpc) is 3.45. The van der Waals surface area contributed by atoms with Crippen molar-refractivity contribution in [2.75, 3.05) is 28.2 Å².